The minimum atomic E-state index is -0.645. The first kappa shape index (κ1) is 16.3. The fourth-order valence-corrected chi connectivity index (χ4v) is 1.63. The molecule has 1 aromatic carbocycles. The van der Waals surface area contributed by atoms with Crippen LogP contribution in [0.15, 0.2) is 18.2 Å². The van der Waals surface area contributed by atoms with E-state index in [0.717, 1.165) is 0 Å². The van der Waals surface area contributed by atoms with Crippen LogP contribution in [0.5, 0.6) is 5.75 Å². The second kappa shape index (κ2) is 7.14. The Morgan fingerprint density at radius 3 is 2.50 bits per heavy atom. The second-order valence-corrected chi connectivity index (χ2v) is 5.41. The monoisotopic (exact) mass is 298 g/mol. The summed E-state index contributed by atoms with van der Waals surface area (Å²) in [5, 5.41) is 14.7. The van der Waals surface area contributed by atoms with E-state index in [0.29, 0.717) is 12.5 Å². The van der Waals surface area contributed by atoms with Gasteiger partial charge in [0.05, 0.1) is 5.02 Å². The van der Waals surface area contributed by atoms with E-state index in [1.165, 1.54) is 18.2 Å². The van der Waals surface area contributed by atoms with Crippen molar-refractivity contribution in [1.29, 1.82) is 0 Å². The lowest BCUT2D eigenvalue weighted by Gasteiger charge is -2.15. The average Bonchev–Trinajstić information content (AvgIpc) is 2.38. The van der Waals surface area contributed by atoms with Gasteiger partial charge in [-0.2, -0.15) is 0 Å². The molecule has 0 aromatic heterocycles. The second-order valence-electron chi connectivity index (χ2n) is 5.00. The minimum absolute atomic E-state index is 0.0917. The molecule has 1 aromatic rings. The van der Waals surface area contributed by atoms with E-state index in [-0.39, 0.29) is 22.2 Å². The van der Waals surface area contributed by atoms with Gasteiger partial charge in [-0.15, -0.1) is 0 Å². The maximum Gasteiger partial charge on any atom is 0.251 e. The number of phenolic OH excluding ortho intramolecular Hbond substituents is 1. The summed E-state index contributed by atoms with van der Waals surface area (Å²) in [6.45, 7) is 6.14. The molecule has 0 fully saturated rings. The van der Waals surface area contributed by atoms with Gasteiger partial charge < -0.3 is 15.7 Å². The summed E-state index contributed by atoms with van der Waals surface area (Å²) < 4.78 is 0. The summed E-state index contributed by atoms with van der Waals surface area (Å²) in [5.41, 5.74) is 0.288. The van der Waals surface area contributed by atoms with Crippen LogP contribution in [0.3, 0.4) is 0 Å². The van der Waals surface area contributed by atoms with Crippen molar-refractivity contribution < 1.29 is 14.7 Å². The van der Waals surface area contributed by atoms with Crippen LogP contribution in [0.1, 0.15) is 31.1 Å². The van der Waals surface area contributed by atoms with Gasteiger partial charge in [0.25, 0.3) is 5.91 Å². The minimum Gasteiger partial charge on any atom is -0.506 e. The van der Waals surface area contributed by atoms with Crippen molar-refractivity contribution in [1.82, 2.24) is 10.6 Å². The number of amides is 2. The van der Waals surface area contributed by atoms with Gasteiger partial charge in [0.1, 0.15) is 11.8 Å². The van der Waals surface area contributed by atoms with Crippen LogP contribution < -0.4 is 10.6 Å². The van der Waals surface area contributed by atoms with E-state index in [2.05, 4.69) is 10.6 Å². The Hall–Kier alpha value is -1.75. The van der Waals surface area contributed by atoms with Gasteiger partial charge in [-0.1, -0.05) is 25.4 Å². The van der Waals surface area contributed by atoms with E-state index in [1.54, 1.807) is 6.92 Å². The number of carbonyl (C=O) groups is 2. The number of phenols is 1. The van der Waals surface area contributed by atoms with Crippen molar-refractivity contribution in [3.8, 4) is 5.75 Å². The number of benzene rings is 1. The van der Waals surface area contributed by atoms with Crippen LogP contribution in [-0.4, -0.2) is 29.5 Å². The van der Waals surface area contributed by atoms with Crippen LogP contribution in [-0.2, 0) is 4.79 Å². The number of rotatable bonds is 5. The highest BCUT2D eigenvalue weighted by atomic mass is 35.5. The van der Waals surface area contributed by atoms with Gasteiger partial charge in [-0.3, -0.25) is 9.59 Å². The lowest BCUT2D eigenvalue weighted by Crippen LogP contribution is -2.45. The lowest BCUT2D eigenvalue weighted by molar-refractivity contribution is -0.122. The van der Waals surface area contributed by atoms with Crippen LogP contribution >= 0.6 is 11.6 Å². The van der Waals surface area contributed by atoms with Crippen LogP contribution in [0, 0.1) is 5.92 Å². The van der Waals surface area contributed by atoms with Gasteiger partial charge in [0, 0.05) is 12.1 Å². The molecule has 2 amide bonds. The summed E-state index contributed by atoms with van der Waals surface area (Å²) in [4.78, 5) is 23.7. The molecule has 110 valence electrons. The van der Waals surface area contributed by atoms with Gasteiger partial charge in [-0.25, -0.2) is 0 Å². The molecule has 0 heterocycles. The average molecular weight is 299 g/mol. The molecule has 0 spiro atoms. The highest BCUT2D eigenvalue weighted by molar-refractivity contribution is 6.32. The standard InChI is InChI=1S/C14H19ClN2O3/c1-8(2)7-16-13(19)9(3)17-14(20)10-4-5-12(18)11(15)6-10/h4-6,8-9,18H,7H2,1-3H3,(H,16,19)(H,17,20). The third kappa shape index (κ3) is 4.74. The molecular weight excluding hydrogens is 280 g/mol. The summed E-state index contributed by atoms with van der Waals surface area (Å²) in [7, 11) is 0. The first-order valence-corrected chi connectivity index (χ1v) is 6.76. The van der Waals surface area contributed by atoms with E-state index in [1.807, 2.05) is 13.8 Å². The third-order valence-corrected chi connectivity index (χ3v) is 2.94. The summed E-state index contributed by atoms with van der Waals surface area (Å²) in [6, 6.07) is 3.48. The topological polar surface area (TPSA) is 78.4 Å². The Labute approximate surface area is 123 Å². The van der Waals surface area contributed by atoms with E-state index in [4.69, 9.17) is 11.6 Å². The molecule has 6 heteroatoms. The van der Waals surface area contributed by atoms with Crippen molar-refractivity contribution in [2.45, 2.75) is 26.8 Å². The van der Waals surface area contributed by atoms with Crippen LogP contribution in [0.2, 0.25) is 5.02 Å². The number of nitrogens with one attached hydrogen (secondary N) is 2. The van der Waals surface area contributed by atoms with E-state index >= 15 is 0 Å². The Morgan fingerprint density at radius 2 is 1.95 bits per heavy atom. The summed E-state index contributed by atoms with van der Waals surface area (Å²) in [6.07, 6.45) is 0. The smallest absolute Gasteiger partial charge is 0.251 e. The summed E-state index contributed by atoms with van der Waals surface area (Å²) in [5.74, 6) is -0.403. The largest absolute Gasteiger partial charge is 0.506 e. The Balaban J connectivity index is 2.60. The predicted octanol–water partition coefficient (Wildman–Crippen LogP) is 1.94. The molecule has 1 atom stereocenters. The molecule has 5 nitrogen and oxygen atoms in total. The molecular formula is C14H19ClN2O3. The van der Waals surface area contributed by atoms with Crippen molar-refractivity contribution in [2.75, 3.05) is 6.54 Å². The maximum absolute atomic E-state index is 11.9. The SMILES string of the molecule is CC(C)CNC(=O)C(C)NC(=O)c1ccc(O)c(Cl)c1. The number of hydrogen-bond acceptors (Lipinski definition) is 3. The van der Waals surface area contributed by atoms with Crippen molar-refractivity contribution in [3.05, 3.63) is 28.8 Å². The number of hydrogen-bond donors (Lipinski definition) is 3. The highest BCUT2D eigenvalue weighted by Gasteiger charge is 2.17. The van der Waals surface area contributed by atoms with E-state index in [9.17, 15) is 14.7 Å². The highest BCUT2D eigenvalue weighted by Crippen LogP contribution is 2.23. The molecule has 0 saturated carbocycles. The maximum atomic E-state index is 11.9. The number of carbonyl (C=O) groups excluding carboxylic acids is 2. The zero-order chi connectivity index (χ0) is 15.3. The van der Waals surface area contributed by atoms with Gasteiger partial charge in [-0.05, 0) is 31.0 Å². The molecule has 0 aliphatic carbocycles. The van der Waals surface area contributed by atoms with E-state index < -0.39 is 11.9 Å². The number of halogens is 1. The van der Waals surface area contributed by atoms with Gasteiger partial charge in [0.15, 0.2) is 0 Å². The summed E-state index contributed by atoms with van der Waals surface area (Å²) >= 11 is 5.73. The molecule has 3 N–H and O–H groups in total. The Bertz CT molecular complexity index is 503. The fraction of sp³-hybridized carbons (Fsp3) is 0.429. The molecule has 0 radical (unpaired) electrons. The zero-order valence-electron chi connectivity index (χ0n) is 11.7. The van der Waals surface area contributed by atoms with Gasteiger partial charge >= 0.3 is 0 Å². The fourth-order valence-electron chi connectivity index (χ4n) is 1.45. The lowest BCUT2D eigenvalue weighted by atomic mass is 10.2. The molecule has 0 aliphatic heterocycles. The van der Waals surface area contributed by atoms with Crippen LogP contribution in [0.4, 0.5) is 0 Å². The molecule has 1 unspecified atom stereocenters. The third-order valence-electron chi connectivity index (χ3n) is 2.64. The molecule has 0 aliphatic rings. The quantitative estimate of drug-likeness (QED) is 0.777. The number of aromatic hydroxyl groups is 1. The molecule has 0 saturated heterocycles. The van der Waals surface area contributed by atoms with Crippen molar-refractivity contribution in [2.24, 2.45) is 5.92 Å². The zero-order valence-corrected chi connectivity index (χ0v) is 12.5. The Morgan fingerprint density at radius 1 is 1.30 bits per heavy atom. The molecule has 1 rings (SSSR count). The first-order chi connectivity index (χ1) is 9.31. The van der Waals surface area contributed by atoms with Gasteiger partial charge in [0.2, 0.25) is 5.91 Å². The first-order valence-electron chi connectivity index (χ1n) is 6.38. The van der Waals surface area contributed by atoms with Crippen molar-refractivity contribution in [3.63, 3.8) is 0 Å². The van der Waals surface area contributed by atoms with Crippen molar-refractivity contribution >= 4 is 23.4 Å². The normalized spacial score (nSPS) is 12.1. The Kier molecular flexibility index (Phi) is 5.82. The predicted molar refractivity (Wildman–Crippen MR) is 77.9 cm³/mol. The molecule has 20 heavy (non-hydrogen) atoms. The molecule has 0 bridgehead atoms. The van der Waals surface area contributed by atoms with Crippen LogP contribution in [0.25, 0.3) is 0 Å².